The molecule has 1 rings (SSSR count). The van der Waals surface area contributed by atoms with Crippen molar-refractivity contribution in [3.63, 3.8) is 0 Å². The van der Waals surface area contributed by atoms with E-state index in [9.17, 15) is 0 Å². The van der Waals surface area contributed by atoms with Gasteiger partial charge in [0.05, 0.1) is 11.3 Å². The molecule has 1 aromatic rings. The molecule has 0 aliphatic rings. The lowest BCUT2D eigenvalue weighted by Gasteiger charge is -2.39. The van der Waals surface area contributed by atoms with Gasteiger partial charge >= 0.3 is 0 Å². The Morgan fingerprint density at radius 1 is 1.30 bits per heavy atom. The lowest BCUT2D eigenvalue weighted by atomic mass is 9.85. The first kappa shape index (κ1) is 17.2. The maximum atomic E-state index is 6.14. The summed E-state index contributed by atoms with van der Waals surface area (Å²) >= 11 is 0. The monoisotopic (exact) mass is 281 g/mol. The van der Waals surface area contributed by atoms with Gasteiger partial charge in [-0.2, -0.15) is 5.10 Å². The number of rotatable bonds is 9. The lowest BCUT2D eigenvalue weighted by molar-refractivity contribution is -0.0707. The predicted octanol–water partition coefficient (Wildman–Crippen LogP) is 2.94. The van der Waals surface area contributed by atoms with Crippen molar-refractivity contribution in [2.45, 2.75) is 72.1 Å². The molecule has 0 aliphatic heterocycles. The number of likely N-dealkylation sites (N-methyl/N-ethyl adjacent to an activating group) is 1. The number of nitrogens with one attached hydrogen (secondary N) is 1. The van der Waals surface area contributed by atoms with Crippen molar-refractivity contribution in [1.29, 1.82) is 0 Å². The summed E-state index contributed by atoms with van der Waals surface area (Å²) in [7, 11) is 2.03. The molecule has 0 saturated carbocycles. The Kier molecular flexibility index (Phi) is 6.69. The van der Waals surface area contributed by atoms with Crippen LogP contribution in [0.5, 0.6) is 0 Å². The first-order valence-corrected chi connectivity index (χ1v) is 7.91. The topological polar surface area (TPSA) is 39.1 Å². The third-order valence-corrected chi connectivity index (χ3v) is 4.31. The Morgan fingerprint density at radius 2 is 1.95 bits per heavy atom. The number of hydrogen-bond acceptors (Lipinski definition) is 3. The quantitative estimate of drug-likeness (QED) is 0.756. The molecule has 0 radical (unpaired) electrons. The fraction of sp³-hybridized carbons (Fsp3) is 0.812. The minimum Gasteiger partial charge on any atom is -0.374 e. The number of nitrogens with zero attached hydrogens (tertiary/aromatic N) is 2. The van der Waals surface area contributed by atoms with E-state index in [4.69, 9.17) is 4.74 Å². The number of aryl methyl sites for hydroxylation is 2. The molecule has 0 saturated heterocycles. The molecule has 0 amide bonds. The first-order valence-electron chi connectivity index (χ1n) is 7.91. The molecule has 1 aromatic heterocycles. The summed E-state index contributed by atoms with van der Waals surface area (Å²) in [5.74, 6) is 0. The molecule has 116 valence electrons. The lowest BCUT2D eigenvalue weighted by Crippen LogP contribution is -2.52. The Labute approximate surface area is 123 Å². The molecule has 0 spiro atoms. The van der Waals surface area contributed by atoms with Gasteiger partial charge in [-0.3, -0.25) is 4.68 Å². The summed E-state index contributed by atoms with van der Waals surface area (Å²) in [5.41, 5.74) is 2.28. The highest BCUT2D eigenvalue weighted by atomic mass is 16.5. The third-order valence-electron chi connectivity index (χ3n) is 4.31. The molecule has 4 nitrogen and oxygen atoms in total. The average molecular weight is 281 g/mol. The van der Waals surface area contributed by atoms with Crippen LogP contribution in [0.2, 0.25) is 0 Å². The summed E-state index contributed by atoms with van der Waals surface area (Å²) in [4.78, 5) is 0. The molecule has 4 heteroatoms. The second-order valence-corrected chi connectivity index (χ2v) is 5.34. The van der Waals surface area contributed by atoms with Gasteiger partial charge in [0.2, 0.25) is 0 Å². The Bertz CT molecular complexity index is 396. The van der Waals surface area contributed by atoms with Gasteiger partial charge in [-0.15, -0.1) is 0 Å². The van der Waals surface area contributed by atoms with E-state index in [0.717, 1.165) is 38.1 Å². The summed E-state index contributed by atoms with van der Waals surface area (Å²) in [6.45, 7) is 12.4. The second kappa shape index (κ2) is 7.79. The van der Waals surface area contributed by atoms with Crippen LogP contribution in [0.15, 0.2) is 6.07 Å². The highest BCUT2D eigenvalue weighted by Gasteiger charge is 2.36. The molecule has 0 fully saturated rings. The highest BCUT2D eigenvalue weighted by Crippen LogP contribution is 2.27. The van der Waals surface area contributed by atoms with Crippen molar-refractivity contribution in [2.75, 3.05) is 13.7 Å². The molecule has 1 N–H and O–H groups in total. The van der Waals surface area contributed by atoms with Crippen LogP contribution in [-0.4, -0.2) is 35.1 Å². The molecule has 20 heavy (non-hydrogen) atoms. The highest BCUT2D eigenvalue weighted by molar-refractivity contribution is 5.12. The zero-order valence-corrected chi connectivity index (χ0v) is 14.0. The fourth-order valence-corrected chi connectivity index (χ4v) is 3.13. The third kappa shape index (κ3) is 3.61. The average Bonchev–Trinajstić information content (AvgIpc) is 2.82. The van der Waals surface area contributed by atoms with Crippen molar-refractivity contribution in [2.24, 2.45) is 0 Å². The maximum Gasteiger partial charge on any atom is 0.0833 e. The Morgan fingerprint density at radius 3 is 2.40 bits per heavy atom. The van der Waals surface area contributed by atoms with E-state index in [0.29, 0.717) is 6.04 Å². The molecule has 1 unspecified atom stereocenters. The minimum atomic E-state index is -0.0970. The largest absolute Gasteiger partial charge is 0.374 e. The van der Waals surface area contributed by atoms with Gasteiger partial charge in [0.1, 0.15) is 0 Å². The SMILES string of the molecule is CCOC(CC)(CC)C(Cc1cc(C)nn1CC)NC. The summed E-state index contributed by atoms with van der Waals surface area (Å²) in [6.07, 6.45) is 2.98. The predicted molar refractivity (Wildman–Crippen MR) is 84.1 cm³/mol. The van der Waals surface area contributed by atoms with Gasteiger partial charge in [-0.1, -0.05) is 13.8 Å². The smallest absolute Gasteiger partial charge is 0.0833 e. The zero-order chi connectivity index (χ0) is 15.2. The minimum absolute atomic E-state index is 0.0970. The number of hydrogen-bond donors (Lipinski definition) is 1. The van der Waals surface area contributed by atoms with Crippen molar-refractivity contribution < 1.29 is 4.74 Å². The molecular weight excluding hydrogens is 250 g/mol. The van der Waals surface area contributed by atoms with Gasteiger partial charge in [-0.05, 0) is 46.7 Å². The van der Waals surface area contributed by atoms with Gasteiger partial charge < -0.3 is 10.1 Å². The van der Waals surface area contributed by atoms with E-state index in [1.807, 2.05) is 7.05 Å². The first-order chi connectivity index (χ1) is 9.56. The van der Waals surface area contributed by atoms with Crippen molar-refractivity contribution >= 4 is 0 Å². The van der Waals surface area contributed by atoms with Crippen LogP contribution in [0.25, 0.3) is 0 Å². The van der Waals surface area contributed by atoms with Crippen LogP contribution in [0.1, 0.15) is 51.9 Å². The normalized spacial score (nSPS) is 13.7. The van der Waals surface area contributed by atoms with Crippen LogP contribution < -0.4 is 5.32 Å². The van der Waals surface area contributed by atoms with E-state index >= 15 is 0 Å². The van der Waals surface area contributed by atoms with Crippen molar-refractivity contribution in [3.8, 4) is 0 Å². The van der Waals surface area contributed by atoms with Crippen LogP contribution >= 0.6 is 0 Å². The van der Waals surface area contributed by atoms with E-state index in [1.54, 1.807) is 0 Å². The summed E-state index contributed by atoms with van der Waals surface area (Å²) in [5, 5.41) is 8.02. The van der Waals surface area contributed by atoms with Crippen LogP contribution in [0, 0.1) is 6.92 Å². The van der Waals surface area contributed by atoms with E-state index < -0.39 is 0 Å². The molecule has 1 atom stereocenters. The van der Waals surface area contributed by atoms with Gasteiger partial charge in [-0.25, -0.2) is 0 Å². The van der Waals surface area contributed by atoms with Crippen LogP contribution in [-0.2, 0) is 17.7 Å². The molecular formula is C16H31N3O. The van der Waals surface area contributed by atoms with E-state index in [2.05, 4.69) is 55.8 Å². The fourth-order valence-electron chi connectivity index (χ4n) is 3.13. The molecule has 0 aromatic carbocycles. The molecule has 0 bridgehead atoms. The van der Waals surface area contributed by atoms with Crippen LogP contribution in [0.4, 0.5) is 0 Å². The summed E-state index contributed by atoms with van der Waals surface area (Å²) in [6, 6.07) is 2.49. The molecule has 1 heterocycles. The summed E-state index contributed by atoms with van der Waals surface area (Å²) < 4.78 is 8.24. The second-order valence-electron chi connectivity index (χ2n) is 5.34. The standard InChI is InChI=1S/C16H31N3O/c1-7-16(8-2,20-10-4)15(17-6)12-14-11-13(5)18-19(14)9-3/h11,15,17H,7-10,12H2,1-6H3. The Balaban J connectivity index is 2.99. The van der Waals surface area contributed by atoms with Gasteiger partial charge in [0, 0.05) is 31.3 Å². The van der Waals surface area contributed by atoms with Gasteiger partial charge in [0.15, 0.2) is 0 Å². The van der Waals surface area contributed by atoms with E-state index in [1.165, 1.54) is 5.69 Å². The van der Waals surface area contributed by atoms with E-state index in [-0.39, 0.29) is 5.60 Å². The van der Waals surface area contributed by atoms with Crippen molar-refractivity contribution in [3.05, 3.63) is 17.5 Å². The van der Waals surface area contributed by atoms with Crippen LogP contribution in [0.3, 0.4) is 0 Å². The van der Waals surface area contributed by atoms with Gasteiger partial charge in [0.25, 0.3) is 0 Å². The van der Waals surface area contributed by atoms with Crippen molar-refractivity contribution in [1.82, 2.24) is 15.1 Å². The Hall–Kier alpha value is -0.870. The maximum absolute atomic E-state index is 6.14. The molecule has 0 aliphatic carbocycles. The number of ether oxygens (including phenoxy) is 1. The number of aromatic nitrogens is 2. The zero-order valence-electron chi connectivity index (χ0n) is 14.0.